The van der Waals surface area contributed by atoms with Gasteiger partial charge in [-0.05, 0) is 36.8 Å². The first-order valence-corrected chi connectivity index (χ1v) is 6.76. The van der Waals surface area contributed by atoms with Crippen LogP contribution in [0.25, 0.3) is 0 Å². The second-order valence-electron chi connectivity index (χ2n) is 4.49. The van der Waals surface area contributed by atoms with Crippen molar-refractivity contribution in [3.8, 4) is 11.5 Å². The van der Waals surface area contributed by atoms with Gasteiger partial charge >= 0.3 is 0 Å². The van der Waals surface area contributed by atoms with Crippen LogP contribution in [-0.4, -0.2) is 14.2 Å². The smallest absolute Gasteiger partial charge is 0.121 e. The zero-order chi connectivity index (χ0) is 14.5. The highest BCUT2D eigenvalue weighted by atomic mass is 35.5. The highest BCUT2D eigenvalue weighted by molar-refractivity contribution is 6.33. The monoisotopic (exact) mass is 291 g/mol. The molecule has 1 unspecified atom stereocenters. The van der Waals surface area contributed by atoms with Crippen LogP contribution in [0.4, 0.5) is 5.69 Å². The van der Waals surface area contributed by atoms with E-state index in [1.54, 1.807) is 14.2 Å². The molecule has 1 N–H and O–H groups in total. The highest BCUT2D eigenvalue weighted by Gasteiger charge is 2.09. The first-order chi connectivity index (χ1) is 9.63. The molecule has 0 spiro atoms. The van der Waals surface area contributed by atoms with Crippen LogP contribution >= 0.6 is 11.6 Å². The Morgan fingerprint density at radius 2 is 1.70 bits per heavy atom. The van der Waals surface area contributed by atoms with Crippen LogP contribution in [0.1, 0.15) is 18.5 Å². The first-order valence-electron chi connectivity index (χ1n) is 6.38. The Bertz CT molecular complexity index is 586. The lowest BCUT2D eigenvalue weighted by Crippen LogP contribution is -2.07. The van der Waals surface area contributed by atoms with Crippen molar-refractivity contribution in [3.05, 3.63) is 53.1 Å². The molecule has 0 fully saturated rings. The van der Waals surface area contributed by atoms with Crippen molar-refractivity contribution in [1.29, 1.82) is 0 Å². The third kappa shape index (κ3) is 3.36. The molecule has 2 aromatic carbocycles. The summed E-state index contributed by atoms with van der Waals surface area (Å²) in [5, 5.41) is 4.05. The molecule has 0 aliphatic rings. The van der Waals surface area contributed by atoms with Crippen molar-refractivity contribution in [2.45, 2.75) is 13.0 Å². The van der Waals surface area contributed by atoms with Gasteiger partial charge in [-0.3, -0.25) is 0 Å². The summed E-state index contributed by atoms with van der Waals surface area (Å²) in [4.78, 5) is 0. The molecule has 2 aromatic rings. The van der Waals surface area contributed by atoms with Crippen molar-refractivity contribution in [1.82, 2.24) is 0 Å². The van der Waals surface area contributed by atoms with Crippen molar-refractivity contribution >= 4 is 17.3 Å². The molecule has 4 heteroatoms. The number of rotatable bonds is 5. The zero-order valence-electron chi connectivity index (χ0n) is 11.8. The second-order valence-corrected chi connectivity index (χ2v) is 4.90. The highest BCUT2D eigenvalue weighted by Crippen LogP contribution is 2.30. The van der Waals surface area contributed by atoms with Crippen LogP contribution in [0, 0.1) is 0 Å². The van der Waals surface area contributed by atoms with Gasteiger partial charge in [0.15, 0.2) is 0 Å². The molecule has 0 saturated carbocycles. The summed E-state index contributed by atoms with van der Waals surface area (Å²) >= 11 is 6.20. The molecule has 0 radical (unpaired) electrons. The van der Waals surface area contributed by atoms with Crippen LogP contribution in [0.2, 0.25) is 5.02 Å². The normalized spacial score (nSPS) is 11.8. The van der Waals surface area contributed by atoms with Gasteiger partial charge in [-0.2, -0.15) is 0 Å². The Labute approximate surface area is 124 Å². The number of ether oxygens (including phenoxy) is 2. The fraction of sp³-hybridized carbons (Fsp3) is 0.250. The number of halogens is 1. The predicted octanol–water partition coefficient (Wildman–Crippen LogP) is 4.53. The third-order valence-corrected chi connectivity index (χ3v) is 3.47. The van der Waals surface area contributed by atoms with Crippen molar-refractivity contribution in [3.63, 3.8) is 0 Å². The summed E-state index contributed by atoms with van der Waals surface area (Å²) in [6.45, 7) is 2.07. The number of methoxy groups -OCH3 is 2. The maximum absolute atomic E-state index is 6.20. The Morgan fingerprint density at radius 3 is 2.40 bits per heavy atom. The van der Waals surface area contributed by atoms with Crippen LogP contribution in [0.5, 0.6) is 11.5 Å². The summed E-state index contributed by atoms with van der Waals surface area (Å²) in [5.41, 5.74) is 1.98. The average Bonchev–Trinajstić information content (AvgIpc) is 2.49. The van der Waals surface area contributed by atoms with E-state index in [0.717, 1.165) is 22.7 Å². The van der Waals surface area contributed by atoms with Gasteiger partial charge in [-0.15, -0.1) is 0 Å². The third-order valence-electron chi connectivity index (χ3n) is 3.14. The lowest BCUT2D eigenvalue weighted by molar-refractivity contribution is 0.414. The molecule has 1 atom stereocenters. The molecule has 0 aromatic heterocycles. The molecule has 0 aliphatic carbocycles. The second kappa shape index (κ2) is 6.53. The molecular formula is C16H18ClNO2. The SMILES string of the molecule is COc1cccc(C(C)Nc2cc(OC)ccc2Cl)c1. The molecule has 2 rings (SSSR count). The lowest BCUT2D eigenvalue weighted by Gasteiger charge is -2.18. The molecule has 106 valence electrons. The summed E-state index contributed by atoms with van der Waals surface area (Å²) in [5.74, 6) is 1.61. The Morgan fingerprint density at radius 1 is 1.00 bits per heavy atom. The molecule has 0 saturated heterocycles. The van der Waals surface area contributed by atoms with Gasteiger partial charge in [0.25, 0.3) is 0 Å². The van der Waals surface area contributed by atoms with Gasteiger partial charge in [-0.1, -0.05) is 23.7 Å². The van der Waals surface area contributed by atoms with E-state index in [-0.39, 0.29) is 6.04 Å². The van der Waals surface area contributed by atoms with Gasteiger partial charge in [0.1, 0.15) is 11.5 Å². The first kappa shape index (κ1) is 14.5. The van der Waals surface area contributed by atoms with Gasteiger partial charge in [0.2, 0.25) is 0 Å². The van der Waals surface area contributed by atoms with Gasteiger partial charge in [-0.25, -0.2) is 0 Å². The molecule has 0 aliphatic heterocycles. The van der Waals surface area contributed by atoms with Crippen molar-refractivity contribution in [2.24, 2.45) is 0 Å². The summed E-state index contributed by atoms with van der Waals surface area (Å²) in [6, 6.07) is 13.6. The van der Waals surface area contributed by atoms with E-state index in [0.29, 0.717) is 5.02 Å². The Hall–Kier alpha value is -1.87. The van der Waals surface area contributed by atoms with E-state index < -0.39 is 0 Å². The Balaban J connectivity index is 2.20. The van der Waals surface area contributed by atoms with Crippen LogP contribution in [0.3, 0.4) is 0 Å². The number of anilines is 1. The van der Waals surface area contributed by atoms with E-state index in [4.69, 9.17) is 21.1 Å². The minimum absolute atomic E-state index is 0.106. The standard InChI is InChI=1S/C16H18ClNO2/c1-11(12-5-4-6-13(9-12)19-2)18-16-10-14(20-3)7-8-15(16)17/h4-11,18H,1-3H3. The lowest BCUT2D eigenvalue weighted by atomic mass is 10.1. The predicted molar refractivity (Wildman–Crippen MR) is 83.0 cm³/mol. The van der Waals surface area contributed by atoms with Crippen LogP contribution in [-0.2, 0) is 0 Å². The van der Waals surface area contributed by atoms with Gasteiger partial charge in [0, 0.05) is 12.1 Å². The number of nitrogens with one attached hydrogen (secondary N) is 1. The minimum Gasteiger partial charge on any atom is -0.497 e. The summed E-state index contributed by atoms with van der Waals surface area (Å²) in [6.07, 6.45) is 0. The summed E-state index contributed by atoms with van der Waals surface area (Å²) < 4.78 is 10.5. The van der Waals surface area contributed by atoms with Gasteiger partial charge < -0.3 is 14.8 Å². The number of hydrogen-bond donors (Lipinski definition) is 1. The van der Waals surface area contributed by atoms with E-state index in [2.05, 4.69) is 12.2 Å². The minimum atomic E-state index is 0.106. The molecular weight excluding hydrogens is 274 g/mol. The molecule has 20 heavy (non-hydrogen) atoms. The molecule has 0 heterocycles. The van der Waals surface area contributed by atoms with Crippen LogP contribution < -0.4 is 14.8 Å². The van der Waals surface area contributed by atoms with Crippen LogP contribution in [0.15, 0.2) is 42.5 Å². The number of benzene rings is 2. The van der Waals surface area contributed by atoms with E-state index in [1.165, 1.54) is 0 Å². The fourth-order valence-corrected chi connectivity index (χ4v) is 2.14. The molecule has 0 amide bonds. The zero-order valence-corrected chi connectivity index (χ0v) is 12.6. The largest absolute Gasteiger partial charge is 0.497 e. The molecule has 0 bridgehead atoms. The Kier molecular flexibility index (Phi) is 4.74. The molecule has 3 nitrogen and oxygen atoms in total. The maximum atomic E-state index is 6.20. The quantitative estimate of drug-likeness (QED) is 0.878. The van der Waals surface area contributed by atoms with Crippen molar-refractivity contribution < 1.29 is 9.47 Å². The summed E-state index contributed by atoms with van der Waals surface area (Å²) in [7, 11) is 3.30. The fourth-order valence-electron chi connectivity index (χ4n) is 1.97. The van der Waals surface area contributed by atoms with Crippen molar-refractivity contribution in [2.75, 3.05) is 19.5 Å². The maximum Gasteiger partial charge on any atom is 0.121 e. The average molecular weight is 292 g/mol. The topological polar surface area (TPSA) is 30.5 Å². The van der Waals surface area contributed by atoms with E-state index >= 15 is 0 Å². The van der Waals surface area contributed by atoms with E-state index in [1.807, 2.05) is 42.5 Å². The number of hydrogen-bond acceptors (Lipinski definition) is 3. The van der Waals surface area contributed by atoms with Gasteiger partial charge in [0.05, 0.1) is 24.9 Å². The van der Waals surface area contributed by atoms with E-state index in [9.17, 15) is 0 Å².